The topological polar surface area (TPSA) is 118 Å². The van der Waals surface area contributed by atoms with Gasteiger partial charge in [0.25, 0.3) is 11.8 Å². The van der Waals surface area contributed by atoms with Crippen molar-refractivity contribution >= 4 is 29.2 Å². The van der Waals surface area contributed by atoms with Crippen molar-refractivity contribution in [2.24, 2.45) is 0 Å². The van der Waals surface area contributed by atoms with E-state index in [0.29, 0.717) is 6.07 Å². The first kappa shape index (κ1) is 30.6. The number of aryl methyl sites for hydroxylation is 1. The van der Waals surface area contributed by atoms with E-state index in [4.69, 9.17) is 4.74 Å². The maximum atomic E-state index is 12.8. The van der Waals surface area contributed by atoms with Gasteiger partial charge >= 0.3 is 18.3 Å². The van der Waals surface area contributed by atoms with Crippen molar-refractivity contribution in [2.45, 2.75) is 19.3 Å². The molecule has 43 heavy (non-hydrogen) atoms. The molecule has 14 heteroatoms. The summed E-state index contributed by atoms with van der Waals surface area (Å²) in [6.45, 7) is 1.28. The number of benzene rings is 3. The molecule has 1 aromatic heterocycles. The molecule has 0 aliphatic rings. The Morgan fingerprint density at radius 2 is 1.35 bits per heavy atom. The van der Waals surface area contributed by atoms with Gasteiger partial charge in [0.15, 0.2) is 0 Å². The number of hydrogen-bond acceptors (Lipinski definition) is 5. The standard InChI is InChI=1S/C29H19F6N3O5/c1-15-21(11-13-24(36-15)29(33,34)35)26(40)37-18-6-8-19(9-7-18)43-20-10-12-23(22(14-20)27(41)42)38-25(39)16-2-4-17(5-3-16)28(30,31)32/h2-14H,1H3,(H,37,40)(H,38,39)(H,41,42). The number of carboxylic acid groups (broad SMARTS) is 1. The minimum absolute atomic E-state index is 0.0555. The van der Waals surface area contributed by atoms with E-state index >= 15 is 0 Å². The molecule has 4 aromatic rings. The number of pyridine rings is 1. The fourth-order valence-corrected chi connectivity index (χ4v) is 3.78. The molecular weight excluding hydrogens is 584 g/mol. The molecule has 4 rings (SSSR count). The third kappa shape index (κ3) is 7.47. The molecule has 1 heterocycles. The molecule has 0 bridgehead atoms. The Bertz CT molecular complexity index is 1690. The van der Waals surface area contributed by atoms with Crippen molar-refractivity contribution in [1.29, 1.82) is 0 Å². The highest BCUT2D eigenvalue weighted by Crippen LogP contribution is 2.31. The first-order valence-electron chi connectivity index (χ1n) is 12.1. The van der Waals surface area contributed by atoms with Crippen molar-refractivity contribution in [3.8, 4) is 11.5 Å². The first-order valence-corrected chi connectivity index (χ1v) is 12.1. The van der Waals surface area contributed by atoms with Crippen LogP contribution in [-0.4, -0.2) is 27.9 Å². The summed E-state index contributed by atoms with van der Waals surface area (Å²) in [5, 5.41) is 14.5. The molecule has 0 atom stereocenters. The number of amides is 2. The third-order valence-electron chi connectivity index (χ3n) is 5.91. The van der Waals surface area contributed by atoms with Crippen LogP contribution in [-0.2, 0) is 12.4 Å². The van der Waals surface area contributed by atoms with Gasteiger partial charge in [0.1, 0.15) is 17.2 Å². The van der Waals surface area contributed by atoms with Gasteiger partial charge in [0, 0.05) is 11.3 Å². The predicted octanol–water partition coefficient (Wildman–Crippen LogP) is 7.42. The zero-order chi connectivity index (χ0) is 31.5. The predicted molar refractivity (Wildman–Crippen MR) is 141 cm³/mol. The van der Waals surface area contributed by atoms with Gasteiger partial charge in [0.05, 0.1) is 28.1 Å². The number of carboxylic acids is 1. The van der Waals surface area contributed by atoms with Gasteiger partial charge in [-0.25, -0.2) is 9.78 Å². The van der Waals surface area contributed by atoms with Crippen LogP contribution in [0.2, 0.25) is 0 Å². The number of alkyl halides is 6. The normalized spacial score (nSPS) is 11.5. The molecular formula is C29H19F6N3O5. The number of anilines is 2. The van der Waals surface area contributed by atoms with Crippen molar-refractivity contribution in [2.75, 3.05) is 10.6 Å². The maximum Gasteiger partial charge on any atom is 0.433 e. The molecule has 0 spiro atoms. The summed E-state index contributed by atoms with van der Waals surface area (Å²) in [5.41, 5.74) is -2.56. The van der Waals surface area contributed by atoms with Crippen molar-refractivity contribution in [1.82, 2.24) is 4.98 Å². The molecule has 2 amide bonds. The summed E-state index contributed by atoms with van der Waals surface area (Å²) >= 11 is 0. The van der Waals surface area contributed by atoms with Gasteiger partial charge in [-0.2, -0.15) is 26.3 Å². The summed E-state index contributed by atoms with van der Waals surface area (Å²) in [6, 6.07) is 14.6. The van der Waals surface area contributed by atoms with E-state index in [1.165, 1.54) is 43.3 Å². The van der Waals surface area contributed by atoms with Crippen LogP contribution in [0.5, 0.6) is 11.5 Å². The van der Waals surface area contributed by atoms with Crippen LogP contribution in [0.25, 0.3) is 0 Å². The molecule has 0 radical (unpaired) electrons. The van der Waals surface area contributed by atoms with Crippen molar-refractivity contribution < 1.29 is 50.6 Å². The molecule has 8 nitrogen and oxygen atoms in total. The van der Waals surface area contributed by atoms with Crippen molar-refractivity contribution in [3.05, 3.63) is 113 Å². The summed E-state index contributed by atoms with van der Waals surface area (Å²) in [7, 11) is 0. The summed E-state index contributed by atoms with van der Waals surface area (Å²) in [5.74, 6) is -2.65. The van der Waals surface area contributed by atoms with E-state index < -0.39 is 41.4 Å². The number of halogens is 6. The van der Waals surface area contributed by atoms with Gasteiger partial charge < -0.3 is 20.5 Å². The average molecular weight is 603 g/mol. The largest absolute Gasteiger partial charge is 0.478 e. The highest BCUT2D eigenvalue weighted by molar-refractivity contribution is 6.08. The maximum absolute atomic E-state index is 12.8. The lowest BCUT2D eigenvalue weighted by atomic mass is 10.1. The van der Waals surface area contributed by atoms with E-state index in [0.717, 1.165) is 36.4 Å². The summed E-state index contributed by atoms with van der Waals surface area (Å²) in [4.78, 5) is 40.3. The number of nitrogens with one attached hydrogen (secondary N) is 2. The summed E-state index contributed by atoms with van der Waals surface area (Å²) in [6.07, 6.45) is -9.23. The molecule has 0 unspecified atom stereocenters. The lowest BCUT2D eigenvalue weighted by molar-refractivity contribution is -0.141. The molecule has 0 aliphatic carbocycles. The molecule has 0 saturated carbocycles. The van der Waals surface area contributed by atoms with Gasteiger partial charge in [-0.15, -0.1) is 0 Å². The smallest absolute Gasteiger partial charge is 0.433 e. The van der Waals surface area contributed by atoms with E-state index in [2.05, 4.69) is 15.6 Å². The number of rotatable bonds is 7. The average Bonchev–Trinajstić information content (AvgIpc) is 2.93. The number of aromatic carboxylic acids is 1. The number of nitrogens with zero attached hydrogens (tertiary/aromatic N) is 1. The molecule has 0 saturated heterocycles. The third-order valence-corrected chi connectivity index (χ3v) is 5.91. The van der Waals surface area contributed by atoms with Crippen LogP contribution in [0.3, 0.4) is 0 Å². The number of carbonyl (C=O) groups excluding carboxylic acids is 2. The zero-order valence-electron chi connectivity index (χ0n) is 21.8. The SMILES string of the molecule is Cc1nc(C(F)(F)F)ccc1C(=O)Nc1ccc(Oc2ccc(NC(=O)c3ccc(C(F)(F)F)cc3)c(C(=O)O)c2)cc1. The van der Waals surface area contributed by atoms with Crippen LogP contribution >= 0.6 is 0 Å². The number of carbonyl (C=O) groups is 3. The van der Waals surface area contributed by atoms with Crippen LogP contribution in [0, 0.1) is 6.92 Å². The quantitative estimate of drug-likeness (QED) is 0.189. The monoisotopic (exact) mass is 603 g/mol. The first-order chi connectivity index (χ1) is 20.1. The molecule has 0 aliphatic heterocycles. The fraction of sp³-hybridized carbons (Fsp3) is 0.103. The lowest BCUT2D eigenvalue weighted by Gasteiger charge is -2.13. The van der Waals surface area contributed by atoms with Crippen molar-refractivity contribution in [3.63, 3.8) is 0 Å². The second-order valence-corrected chi connectivity index (χ2v) is 8.95. The Morgan fingerprint density at radius 1 is 0.721 bits per heavy atom. The number of hydrogen-bond donors (Lipinski definition) is 3. The second-order valence-electron chi connectivity index (χ2n) is 8.95. The van der Waals surface area contributed by atoms with Crippen LogP contribution < -0.4 is 15.4 Å². The molecule has 3 aromatic carbocycles. The molecule has 0 fully saturated rings. The van der Waals surface area contributed by atoms with Gasteiger partial charge in [-0.05, 0) is 85.8 Å². The molecule has 3 N–H and O–H groups in total. The Kier molecular flexibility index (Phi) is 8.41. The minimum atomic E-state index is -4.65. The Morgan fingerprint density at radius 3 is 1.91 bits per heavy atom. The van der Waals surface area contributed by atoms with E-state index in [1.54, 1.807) is 0 Å². The van der Waals surface area contributed by atoms with Gasteiger partial charge in [-0.3, -0.25) is 9.59 Å². The van der Waals surface area contributed by atoms with E-state index in [9.17, 15) is 45.8 Å². The van der Waals surface area contributed by atoms with Crippen LogP contribution in [0.4, 0.5) is 37.7 Å². The Balaban J connectivity index is 1.43. The highest BCUT2D eigenvalue weighted by Gasteiger charge is 2.33. The lowest BCUT2D eigenvalue weighted by Crippen LogP contribution is -2.16. The van der Waals surface area contributed by atoms with Gasteiger partial charge in [-0.1, -0.05) is 0 Å². The second kappa shape index (κ2) is 11.8. The molecule has 222 valence electrons. The highest BCUT2D eigenvalue weighted by atomic mass is 19.4. The number of aromatic nitrogens is 1. The van der Waals surface area contributed by atoms with E-state index in [1.807, 2.05) is 0 Å². The van der Waals surface area contributed by atoms with E-state index in [-0.39, 0.29) is 45.3 Å². The van der Waals surface area contributed by atoms with Crippen LogP contribution in [0.15, 0.2) is 78.9 Å². The Hall–Kier alpha value is -5.40. The van der Waals surface area contributed by atoms with Crippen LogP contribution in [0.1, 0.15) is 48.0 Å². The van der Waals surface area contributed by atoms with Gasteiger partial charge in [0.2, 0.25) is 0 Å². The Labute approximate surface area is 238 Å². The summed E-state index contributed by atoms with van der Waals surface area (Å²) < 4.78 is 82.4. The fourth-order valence-electron chi connectivity index (χ4n) is 3.78. The minimum Gasteiger partial charge on any atom is -0.478 e. The number of ether oxygens (including phenoxy) is 1. The zero-order valence-corrected chi connectivity index (χ0v) is 21.8.